The summed E-state index contributed by atoms with van der Waals surface area (Å²) in [7, 11) is 0. The molecule has 3 heteroatoms. The molecule has 1 atom stereocenters. The lowest BCUT2D eigenvalue weighted by Crippen LogP contribution is -2.04. The molecule has 1 aromatic heterocycles. The van der Waals surface area contributed by atoms with Crippen LogP contribution in [0.1, 0.15) is 58.6 Å². The van der Waals surface area contributed by atoms with Gasteiger partial charge in [-0.1, -0.05) is 52.5 Å². The average molecular weight is 265 g/mol. The van der Waals surface area contributed by atoms with E-state index in [9.17, 15) is 4.79 Å². The molecule has 1 rings (SSSR count). The molecule has 0 saturated heterocycles. The van der Waals surface area contributed by atoms with Crippen LogP contribution >= 0.6 is 0 Å². The summed E-state index contributed by atoms with van der Waals surface area (Å²) < 4.78 is 0. The highest BCUT2D eigenvalue weighted by Gasteiger charge is 2.06. The number of unbranched alkanes of at least 4 members (excludes halogenated alkanes) is 1. The maximum atomic E-state index is 9.37. The summed E-state index contributed by atoms with van der Waals surface area (Å²) >= 11 is 0. The zero-order valence-corrected chi connectivity index (χ0v) is 12.4. The van der Waals surface area contributed by atoms with Gasteiger partial charge in [-0.3, -0.25) is 9.78 Å². The van der Waals surface area contributed by atoms with Crippen molar-refractivity contribution in [2.45, 2.75) is 59.3 Å². The van der Waals surface area contributed by atoms with Crippen LogP contribution in [-0.4, -0.2) is 16.1 Å². The van der Waals surface area contributed by atoms with Crippen molar-refractivity contribution >= 4 is 5.97 Å². The zero-order valence-electron chi connectivity index (χ0n) is 12.4. The SMILES string of the molecule is CCC(=O)O.CCCCC(CC)Cc1ccccn1. The number of hydrogen-bond donors (Lipinski definition) is 1. The molecule has 0 amide bonds. The fraction of sp³-hybridized carbons (Fsp3) is 0.625. The number of nitrogens with zero attached hydrogens (tertiary/aromatic N) is 1. The van der Waals surface area contributed by atoms with Gasteiger partial charge in [0.15, 0.2) is 0 Å². The van der Waals surface area contributed by atoms with E-state index in [1.54, 1.807) is 6.92 Å². The summed E-state index contributed by atoms with van der Waals surface area (Å²) in [6.45, 7) is 6.14. The van der Waals surface area contributed by atoms with Gasteiger partial charge < -0.3 is 5.11 Å². The van der Waals surface area contributed by atoms with E-state index in [-0.39, 0.29) is 6.42 Å². The molecule has 3 nitrogen and oxygen atoms in total. The summed E-state index contributed by atoms with van der Waals surface area (Å²) in [6, 6.07) is 6.19. The Morgan fingerprint density at radius 1 is 1.32 bits per heavy atom. The first kappa shape index (κ1) is 17.6. The van der Waals surface area contributed by atoms with Gasteiger partial charge in [0.1, 0.15) is 0 Å². The number of hydrogen-bond acceptors (Lipinski definition) is 2. The van der Waals surface area contributed by atoms with Gasteiger partial charge in [0.05, 0.1) is 0 Å². The Balaban J connectivity index is 0.000000555. The smallest absolute Gasteiger partial charge is 0.303 e. The highest BCUT2D eigenvalue weighted by atomic mass is 16.4. The Hall–Kier alpha value is -1.38. The van der Waals surface area contributed by atoms with Crippen LogP contribution in [0.15, 0.2) is 24.4 Å². The number of aliphatic carboxylic acids is 1. The van der Waals surface area contributed by atoms with Crippen LogP contribution in [0.25, 0.3) is 0 Å². The second-order valence-corrected chi connectivity index (χ2v) is 4.69. The fourth-order valence-electron chi connectivity index (χ4n) is 1.76. The van der Waals surface area contributed by atoms with Gasteiger partial charge in [-0.25, -0.2) is 0 Å². The molecular weight excluding hydrogens is 238 g/mol. The van der Waals surface area contributed by atoms with Crippen molar-refractivity contribution in [2.24, 2.45) is 5.92 Å². The van der Waals surface area contributed by atoms with Crippen molar-refractivity contribution in [1.29, 1.82) is 0 Å². The predicted molar refractivity (Wildman–Crippen MR) is 79.2 cm³/mol. The molecule has 108 valence electrons. The zero-order chi connectivity index (χ0) is 14.5. The molecule has 0 saturated carbocycles. The van der Waals surface area contributed by atoms with Crippen LogP contribution in [0.3, 0.4) is 0 Å². The van der Waals surface area contributed by atoms with Crippen LogP contribution in [0, 0.1) is 5.92 Å². The Bertz CT molecular complexity index is 325. The van der Waals surface area contributed by atoms with E-state index in [2.05, 4.69) is 31.0 Å². The van der Waals surface area contributed by atoms with Gasteiger partial charge in [0, 0.05) is 18.3 Å². The van der Waals surface area contributed by atoms with E-state index in [1.807, 2.05) is 12.3 Å². The molecule has 1 unspecified atom stereocenters. The maximum absolute atomic E-state index is 9.37. The van der Waals surface area contributed by atoms with Gasteiger partial charge in [-0.15, -0.1) is 0 Å². The van der Waals surface area contributed by atoms with E-state index in [1.165, 1.54) is 31.4 Å². The van der Waals surface area contributed by atoms with Gasteiger partial charge in [0.2, 0.25) is 0 Å². The highest BCUT2D eigenvalue weighted by molar-refractivity contribution is 5.66. The molecule has 1 aromatic rings. The third-order valence-electron chi connectivity index (χ3n) is 3.07. The van der Waals surface area contributed by atoms with E-state index in [0.717, 1.165) is 12.3 Å². The molecule has 0 aromatic carbocycles. The van der Waals surface area contributed by atoms with Crippen LogP contribution < -0.4 is 0 Å². The van der Waals surface area contributed by atoms with Crippen molar-refractivity contribution in [3.8, 4) is 0 Å². The fourth-order valence-corrected chi connectivity index (χ4v) is 1.76. The molecule has 0 radical (unpaired) electrons. The number of carboxylic acids is 1. The minimum Gasteiger partial charge on any atom is -0.481 e. The van der Waals surface area contributed by atoms with Crippen LogP contribution in [0.5, 0.6) is 0 Å². The van der Waals surface area contributed by atoms with Crippen LogP contribution in [0.4, 0.5) is 0 Å². The molecule has 19 heavy (non-hydrogen) atoms. The van der Waals surface area contributed by atoms with Crippen molar-refractivity contribution in [2.75, 3.05) is 0 Å². The van der Waals surface area contributed by atoms with E-state index >= 15 is 0 Å². The molecule has 0 aliphatic carbocycles. The van der Waals surface area contributed by atoms with Gasteiger partial charge >= 0.3 is 5.97 Å². The van der Waals surface area contributed by atoms with Gasteiger partial charge in [-0.05, 0) is 24.5 Å². The molecule has 0 spiro atoms. The predicted octanol–water partition coefficient (Wildman–Crippen LogP) is 4.32. The Kier molecular flexibility index (Phi) is 10.8. The average Bonchev–Trinajstić information content (AvgIpc) is 2.45. The summed E-state index contributed by atoms with van der Waals surface area (Å²) in [5.41, 5.74) is 1.25. The molecule has 0 fully saturated rings. The molecule has 0 aliphatic rings. The Morgan fingerprint density at radius 2 is 2.00 bits per heavy atom. The maximum Gasteiger partial charge on any atom is 0.303 e. The molecule has 0 bridgehead atoms. The molecule has 0 aliphatic heterocycles. The topological polar surface area (TPSA) is 50.2 Å². The molecule has 1 N–H and O–H groups in total. The minimum atomic E-state index is -0.745. The van der Waals surface area contributed by atoms with Crippen LogP contribution in [-0.2, 0) is 11.2 Å². The first-order valence-electron chi connectivity index (χ1n) is 7.25. The number of carbonyl (C=O) groups is 1. The van der Waals surface area contributed by atoms with Crippen molar-refractivity contribution in [3.05, 3.63) is 30.1 Å². The number of aromatic nitrogens is 1. The number of rotatable bonds is 7. The second kappa shape index (κ2) is 11.7. The lowest BCUT2D eigenvalue weighted by molar-refractivity contribution is -0.136. The van der Waals surface area contributed by atoms with Crippen molar-refractivity contribution < 1.29 is 9.90 Å². The van der Waals surface area contributed by atoms with E-state index < -0.39 is 5.97 Å². The molecule has 1 heterocycles. The Labute approximate surface area is 117 Å². The van der Waals surface area contributed by atoms with Gasteiger partial charge in [0.25, 0.3) is 0 Å². The third-order valence-corrected chi connectivity index (χ3v) is 3.07. The Morgan fingerprint density at radius 3 is 2.42 bits per heavy atom. The lowest BCUT2D eigenvalue weighted by Gasteiger charge is -2.13. The normalized spacial score (nSPS) is 11.3. The van der Waals surface area contributed by atoms with Crippen molar-refractivity contribution in [3.63, 3.8) is 0 Å². The highest BCUT2D eigenvalue weighted by Crippen LogP contribution is 2.16. The van der Waals surface area contributed by atoms with E-state index in [4.69, 9.17) is 5.11 Å². The number of carboxylic acid groups (broad SMARTS) is 1. The number of pyridine rings is 1. The lowest BCUT2D eigenvalue weighted by atomic mass is 9.94. The van der Waals surface area contributed by atoms with Crippen molar-refractivity contribution in [1.82, 2.24) is 4.98 Å². The minimum absolute atomic E-state index is 0.222. The first-order valence-corrected chi connectivity index (χ1v) is 7.25. The first-order chi connectivity index (χ1) is 9.13. The van der Waals surface area contributed by atoms with Gasteiger partial charge in [-0.2, -0.15) is 0 Å². The summed E-state index contributed by atoms with van der Waals surface area (Å²) in [5.74, 6) is 0.0786. The van der Waals surface area contributed by atoms with E-state index in [0.29, 0.717) is 0 Å². The third kappa shape index (κ3) is 10.2. The quantitative estimate of drug-likeness (QED) is 0.798. The summed E-state index contributed by atoms with van der Waals surface area (Å²) in [5, 5.41) is 7.72. The summed E-state index contributed by atoms with van der Waals surface area (Å²) in [4.78, 5) is 13.7. The van der Waals surface area contributed by atoms with Crippen LogP contribution in [0.2, 0.25) is 0 Å². The largest absolute Gasteiger partial charge is 0.481 e. The molecular formula is C16H27NO2. The summed E-state index contributed by atoms with van der Waals surface area (Å²) in [6.07, 6.45) is 8.55. The monoisotopic (exact) mass is 265 g/mol. The standard InChI is InChI=1S/C13H21N.C3H6O2/c1-3-5-8-12(4-2)11-13-9-6-7-10-14-13;1-2-3(4)5/h6-7,9-10,12H,3-5,8,11H2,1-2H3;2H2,1H3,(H,4,5). The second-order valence-electron chi connectivity index (χ2n) is 4.69.